The van der Waals surface area contributed by atoms with Gasteiger partial charge in [0.25, 0.3) is 17.7 Å². The highest BCUT2D eigenvalue weighted by Gasteiger charge is 2.41. The molecule has 8 heteroatoms. The maximum atomic E-state index is 13.5. The Kier molecular flexibility index (Phi) is 6.25. The monoisotopic (exact) mass is 498 g/mol. The molecule has 0 aliphatic carbocycles. The molecule has 2 unspecified atom stereocenters. The van der Waals surface area contributed by atoms with Gasteiger partial charge >= 0.3 is 5.97 Å². The molecule has 0 fully saturated rings. The highest BCUT2D eigenvalue weighted by molar-refractivity contribution is 6.21. The molecule has 2 aliphatic rings. The summed E-state index contributed by atoms with van der Waals surface area (Å²) in [5, 5.41) is 0. The second kappa shape index (κ2) is 9.54. The van der Waals surface area contributed by atoms with Crippen molar-refractivity contribution < 1.29 is 28.7 Å². The number of carbonyl (C=O) groups is 4. The van der Waals surface area contributed by atoms with Gasteiger partial charge in [0.1, 0.15) is 5.75 Å². The molecule has 5 rings (SSSR count). The van der Waals surface area contributed by atoms with E-state index in [9.17, 15) is 19.2 Å². The molecule has 0 spiro atoms. The minimum absolute atomic E-state index is 0.0395. The van der Waals surface area contributed by atoms with Crippen LogP contribution in [-0.2, 0) is 9.53 Å². The number of ether oxygens (including phenoxy) is 2. The van der Waals surface area contributed by atoms with E-state index in [0.29, 0.717) is 28.1 Å². The van der Waals surface area contributed by atoms with Gasteiger partial charge in [-0.2, -0.15) is 0 Å². The lowest BCUT2D eigenvalue weighted by atomic mass is 9.92. The van der Waals surface area contributed by atoms with E-state index in [1.807, 2.05) is 38.1 Å². The molecule has 2 heterocycles. The van der Waals surface area contributed by atoms with Crippen molar-refractivity contribution in [1.29, 1.82) is 0 Å². The van der Waals surface area contributed by atoms with Crippen LogP contribution in [0.5, 0.6) is 5.75 Å². The molecule has 2 aliphatic heterocycles. The number of anilines is 1. The van der Waals surface area contributed by atoms with E-state index in [4.69, 9.17) is 9.47 Å². The van der Waals surface area contributed by atoms with E-state index in [1.165, 1.54) is 0 Å². The largest absolute Gasteiger partial charge is 0.497 e. The van der Waals surface area contributed by atoms with Crippen LogP contribution in [0.2, 0.25) is 0 Å². The van der Waals surface area contributed by atoms with Crippen molar-refractivity contribution in [2.75, 3.05) is 18.7 Å². The number of methoxy groups -OCH3 is 1. The van der Waals surface area contributed by atoms with Crippen LogP contribution in [0.3, 0.4) is 0 Å². The van der Waals surface area contributed by atoms with Crippen LogP contribution in [0.4, 0.5) is 5.69 Å². The van der Waals surface area contributed by atoms with Crippen LogP contribution in [0.1, 0.15) is 61.5 Å². The van der Waals surface area contributed by atoms with Crippen molar-refractivity contribution in [2.24, 2.45) is 0 Å². The Hall–Kier alpha value is -4.46. The van der Waals surface area contributed by atoms with Crippen molar-refractivity contribution in [3.8, 4) is 5.75 Å². The lowest BCUT2D eigenvalue weighted by molar-refractivity contribution is -0.146. The number of nitrogens with zero attached hydrogens (tertiary/aromatic N) is 2. The Balaban J connectivity index is 1.34. The summed E-state index contributed by atoms with van der Waals surface area (Å²) in [4.78, 5) is 54.2. The van der Waals surface area contributed by atoms with Gasteiger partial charge in [0, 0.05) is 23.2 Å². The molecule has 8 nitrogen and oxygen atoms in total. The first-order valence-corrected chi connectivity index (χ1v) is 12.0. The zero-order valence-electron chi connectivity index (χ0n) is 20.8. The fourth-order valence-corrected chi connectivity index (χ4v) is 4.98. The molecule has 0 radical (unpaired) electrons. The number of hydrogen-bond acceptors (Lipinski definition) is 6. The third-order valence-electron chi connectivity index (χ3n) is 7.02. The SMILES string of the molecule is COc1ccc2c(c1)C(CC(=O)OCN1C(=O)c3ccccc3C1=O)C(C)N2C(=O)c1ccc(C)cc1. The molecule has 0 saturated heterocycles. The minimum atomic E-state index is -0.577. The quantitative estimate of drug-likeness (QED) is 0.371. The Morgan fingerprint density at radius 2 is 1.57 bits per heavy atom. The van der Waals surface area contributed by atoms with Crippen LogP contribution < -0.4 is 9.64 Å². The molecule has 0 bridgehead atoms. The van der Waals surface area contributed by atoms with Crippen LogP contribution >= 0.6 is 0 Å². The predicted octanol–water partition coefficient (Wildman–Crippen LogP) is 4.32. The second-order valence-corrected chi connectivity index (χ2v) is 9.25. The first kappa shape index (κ1) is 24.2. The standard InChI is InChI=1S/C29H26N2O6/c1-17-8-10-19(11-9-17)27(33)31-18(2)23(24-14-20(36-3)12-13-25(24)31)15-26(32)37-16-30-28(34)21-6-4-5-7-22(21)29(30)35/h4-14,18,23H,15-16H2,1-3H3. The van der Waals surface area contributed by atoms with Crippen molar-refractivity contribution in [2.45, 2.75) is 32.2 Å². The number of carbonyl (C=O) groups excluding carboxylic acids is 4. The van der Waals surface area contributed by atoms with Gasteiger partial charge in [-0.1, -0.05) is 29.8 Å². The number of benzene rings is 3. The first-order valence-electron chi connectivity index (χ1n) is 12.0. The molecule has 2 atom stereocenters. The summed E-state index contributed by atoms with van der Waals surface area (Å²) >= 11 is 0. The summed E-state index contributed by atoms with van der Waals surface area (Å²) < 4.78 is 10.8. The number of amides is 3. The highest BCUT2D eigenvalue weighted by atomic mass is 16.5. The Labute approximate surface area is 214 Å². The average molecular weight is 499 g/mol. The number of hydrogen-bond donors (Lipinski definition) is 0. The van der Waals surface area contributed by atoms with Gasteiger partial charge in [-0.15, -0.1) is 0 Å². The summed E-state index contributed by atoms with van der Waals surface area (Å²) in [5.74, 6) is -1.48. The Morgan fingerprint density at radius 1 is 0.919 bits per heavy atom. The number of aryl methyl sites for hydroxylation is 1. The van der Waals surface area contributed by atoms with E-state index in [-0.39, 0.29) is 24.3 Å². The van der Waals surface area contributed by atoms with Gasteiger partial charge in [-0.3, -0.25) is 19.2 Å². The molecular weight excluding hydrogens is 472 g/mol. The Bertz CT molecular complexity index is 1380. The van der Waals surface area contributed by atoms with E-state index in [1.54, 1.807) is 54.5 Å². The topological polar surface area (TPSA) is 93.2 Å². The van der Waals surface area contributed by atoms with Gasteiger partial charge in [-0.05, 0) is 61.9 Å². The molecule has 37 heavy (non-hydrogen) atoms. The van der Waals surface area contributed by atoms with Crippen molar-refractivity contribution in [3.63, 3.8) is 0 Å². The van der Waals surface area contributed by atoms with Crippen LogP contribution in [0.25, 0.3) is 0 Å². The van der Waals surface area contributed by atoms with Crippen LogP contribution in [0.15, 0.2) is 66.7 Å². The van der Waals surface area contributed by atoms with Crippen molar-refractivity contribution in [1.82, 2.24) is 4.90 Å². The van der Waals surface area contributed by atoms with Gasteiger partial charge in [-0.25, -0.2) is 4.90 Å². The van der Waals surface area contributed by atoms with Gasteiger partial charge in [0.2, 0.25) is 0 Å². The normalized spacial score (nSPS) is 18.0. The summed E-state index contributed by atoms with van der Waals surface area (Å²) in [5.41, 5.74) is 3.68. The summed E-state index contributed by atoms with van der Waals surface area (Å²) in [6.45, 7) is 3.38. The molecule has 188 valence electrons. The smallest absolute Gasteiger partial charge is 0.308 e. The molecule has 3 aromatic carbocycles. The van der Waals surface area contributed by atoms with E-state index in [0.717, 1.165) is 16.0 Å². The fraction of sp³-hybridized carbons (Fsp3) is 0.241. The first-order chi connectivity index (χ1) is 17.8. The maximum Gasteiger partial charge on any atom is 0.308 e. The lowest BCUT2D eigenvalue weighted by Crippen LogP contribution is -2.38. The van der Waals surface area contributed by atoms with E-state index in [2.05, 4.69) is 0 Å². The number of esters is 1. The zero-order chi connectivity index (χ0) is 26.3. The second-order valence-electron chi connectivity index (χ2n) is 9.25. The minimum Gasteiger partial charge on any atom is -0.497 e. The van der Waals surface area contributed by atoms with Gasteiger partial charge < -0.3 is 14.4 Å². The third-order valence-corrected chi connectivity index (χ3v) is 7.02. The molecule has 0 N–H and O–H groups in total. The van der Waals surface area contributed by atoms with Crippen molar-refractivity contribution >= 4 is 29.4 Å². The summed E-state index contributed by atoms with van der Waals surface area (Å²) in [6, 6.07) is 18.9. The molecule has 0 saturated carbocycles. The zero-order valence-corrected chi connectivity index (χ0v) is 20.8. The Morgan fingerprint density at radius 3 is 2.19 bits per heavy atom. The molecule has 3 aromatic rings. The summed E-state index contributed by atoms with van der Waals surface area (Å²) in [7, 11) is 1.56. The maximum absolute atomic E-state index is 13.5. The van der Waals surface area contributed by atoms with E-state index >= 15 is 0 Å². The third kappa shape index (κ3) is 4.24. The molecule has 0 aromatic heterocycles. The number of rotatable bonds is 6. The van der Waals surface area contributed by atoms with Crippen LogP contribution in [-0.4, -0.2) is 48.5 Å². The number of fused-ring (bicyclic) bond motifs is 2. The van der Waals surface area contributed by atoms with Gasteiger partial charge in [0.15, 0.2) is 6.73 Å². The van der Waals surface area contributed by atoms with E-state index < -0.39 is 24.5 Å². The highest BCUT2D eigenvalue weighted by Crippen LogP contribution is 2.45. The average Bonchev–Trinajstić information content (AvgIpc) is 3.32. The number of imide groups is 1. The van der Waals surface area contributed by atoms with Crippen LogP contribution in [0, 0.1) is 6.92 Å². The molecule has 3 amide bonds. The predicted molar refractivity (Wildman–Crippen MR) is 136 cm³/mol. The van der Waals surface area contributed by atoms with Gasteiger partial charge in [0.05, 0.1) is 24.7 Å². The summed E-state index contributed by atoms with van der Waals surface area (Å²) in [6.07, 6.45) is -0.0395. The van der Waals surface area contributed by atoms with Crippen molar-refractivity contribution in [3.05, 3.63) is 94.5 Å². The lowest BCUT2D eigenvalue weighted by Gasteiger charge is -2.25. The fourth-order valence-electron chi connectivity index (χ4n) is 4.98. The molecular formula is C29H26N2O6.